The lowest BCUT2D eigenvalue weighted by atomic mass is 10.2. The van der Waals surface area contributed by atoms with Gasteiger partial charge in [-0.25, -0.2) is 8.78 Å². The van der Waals surface area contributed by atoms with Crippen LogP contribution < -0.4 is 15.0 Å². The molecular formula is C21H25F2N3O2. The SMILES string of the molecule is O=C(COc1ccc(F)cc1)NCCCN1CCN(c2ccc(F)cc2)CC1. The third-order valence-corrected chi connectivity index (χ3v) is 4.72. The number of nitrogens with zero attached hydrogens (tertiary/aromatic N) is 2. The van der Waals surface area contributed by atoms with Gasteiger partial charge in [-0.15, -0.1) is 0 Å². The molecule has 5 nitrogen and oxygen atoms in total. The van der Waals surface area contributed by atoms with E-state index in [1.165, 1.54) is 36.4 Å². The molecule has 0 aliphatic carbocycles. The summed E-state index contributed by atoms with van der Waals surface area (Å²) in [5, 5.41) is 2.83. The summed E-state index contributed by atoms with van der Waals surface area (Å²) in [6.45, 7) is 5.12. The molecule has 0 radical (unpaired) electrons. The average Bonchev–Trinajstić information content (AvgIpc) is 2.72. The Kier molecular flexibility index (Phi) is 7.19. The minimum absolute atomic E-state index is 0.0814. The van der Waals surface area contributed by atoms with Gasteiger partial charge in [-0.3, -0.25) is 9.69 Å². The second kappa shape index (κ2) is 10.0. The van der Waals surface area contributed by atoms with E-state index in [1.807, 2.05) is 12.1 Å². The van der Waals surface area contributed by atoms with E-state index in [0.717, 1.165) is 44.8 Å². The Morgan fingerprint density at radius 3 is 2.18 bits per heavy atom. The Hall–Kier alpha value is -2.67. The van der Waals surface area contributed by atoms with Gasteiger partial charge in [-0.05, 0) is 61.5 Å². The van der Waals surface area contributed by atoms with Crippen molar-refractivity contribution in [1.29, 1.82) is 0 Å². The van der Waals surface area contributed by atoms with Crippen LogP contribution in [0, 0.1) is 11.6 Å². The van der Waals surface area contributed by atoms with Crippen molar-refractivity contribution >= 4 is 11.6 Å². The number of carbonyl (C=O) groups is 1. The number of piperazine rings is 1. The maximum atomic E-state index is 13.0. The van der Waals surface area contributed by atoms with Crippen LogP contribution >= 0.6 is 0 Å². The Bertz CT molecular complexity index is 745. The van der Waals surface area contributed by atoms with Crippen molar-refractivity contribution in [2.75, 3.05) is 50.8 Å². The molecule has 0 saturated carbocycles. The van der Waals surface area contributed by atoms with Crippen LogP contribution in [0.1, 0.15) is 6.42 Å². The van der Waals surface area contributed by atoms with Gasteiger partial charge in [-0.1, -0.05) is 0 Å². The summed E-state index contributed by atoms with van der Waals surface area (Å²) in [7, 11) is 0. The predicted octanol–water partition coefficient (Wildman–Crippen LogP) is 2.67. The molecule has 0 unspecified atom stereocenters. The molecule has 1 heterocycles. The van der Waals surface area contributed by atoms with Crippen LogP contribution in [-0.2, 0) is 4.79 Å². The molecule has 1 fully saturated rings. The zero-order chi connectivity index (χ0) is 19.8. The number of carbonyl (C=O) groups excluding carboxylic acids is 1. The van der Waals surface area contributed by atoms with Crippen molar-refractivity contribution in [3.8, 4) is 5.75 Å². The van der Waals surface area contributed by atoms with Crippen molar-refractivity contribution in [2.45, 2.75) is 6.42 Å². The molecule has 1 aliphatic rings. The Labute approximate surface area is 163 Å². The summed E-state index contributed by atoms with van der Waals surface area (Å²) in [6.07, 6.45) is 0.860. The number of benzene rings is 2. The van der Waals surface area contributed by atoms with Gasteiger partial charge in [0.05, 0.1) is 0 Å². The summed E-state index contributed by atoms with van der Waals surface area (Å²) in [5.74, 6) is -0.274. The van der Waals surface area contributed by atoms with Crippen LogP contribution in [-0.4, -0.2) is 56.7 Å². The number of amides is 1. The molecule has 1 N–H and O–H groups in total. The number of hydrogen-bond acceptors (Lipinski definition) is 4. The number of rotatable bonds is 8. The maximum absolute atomic E-state index is 13.0. The fourth-order valence-corrected chi connectivity index (χ4v) is 3.14. The smallest absolute Gasteiger partial charge is 0.257 e. The third kappa shape index (κ3) is 6.20. The largest absolute Gasteiger partial charge is 0.484 e. The monoisotopic (exact) mass is 389 g/mol. The van der Waals surface area contributed by atoms with Crippen LogP contribution in [0.25, 0.3) is 0 Å². The number of anilines is 1. The molecule has 150 valence electrons. The van der Waals surface area contributed by atoms with Crippen molar-refractivity contribution in [2.24, 2.45) is 0 Å². The Balaban J connectivity index is 1.27. The van der Waals surface area contributed by atoms with Crippen LogP contribution in [0.5, 0.6) is 5.75 Å². The Morgan fingerprint density at radius 2 is 1.54 bits per heavy atom. The topological polar surface area (TPSA) is 44.8 Å². The van der Waals surface area contributed by atoms with Crippen molar-refractivity contribution in [3.05, 3.63) is 60.2 Å². The Morgan fingerprint density at radius 1 is 0.929 bits per heavy atom. The number of ether oxygens (including phenoxy) is 1. The third-order valence-electron chi connectivity index (χ3n) is 4.72. The van der Waals surface area contributed by atoms with Gasteiger partial charge in [0.15, 0.2) is 6.61 Å². The molecule has 7 heteroatoms. The first-order valence-electron chi connectivity index (χ1n) is 9.48. The summed E-state index contributed by atoms with van der Waals surface area (Å²) in [5.41, 5.74) is 1.05. The zero-order valence-corrected chi connectivity index (χ0v) is 15.7. The molecule has 2 aromatic rings. The lowest BCUT2D eigenvalue weighted by Crippen LogP contribution is -2.47. The fraction of sp³-hybridized carbons (Fsp3) is 0.381. The van der Waals surface area contributed by atoms with Crippen molar-refractivity contribution < 1.29 is 18.3 Å². The molecule has 1 amide bonds. The van der Waals surface area contributed by atoms with E-state index in [0.29, 0.717) is 12.3 Å². The van der Waals surface area contributed by atoms with Crippen LogP contribution in [0.15, 0.2) is 48.5 Å². The summed E-state index contributed by atoms with van der Waals surface area (Å²) in [4.78, 5) is 16.4. The van der Waals surface area contributed by atoms with E-state index in [-0.39, 0.29) is 24.1 Å². The molecule has 1 saturated heterocycles. The summed E-state index contributed by atoms with van der Waals surface area (Å²) < 4.78 is 31.1. The minimum atomic E-state index is -0.338. The molecule has 2 aromatic carbocycles. The first-order chi connectivity index (χ1) is 13.6. The second-order valence-corrected chi connectivity index (χ2v) is 6.75. The van der Waals surface area contributed by atoms with E-state index >= 15 is 0 Å². The molecule has 0 spiro atoms. The van der Waals surface area contributed by atoms with Crippen molar-refractivity contribution in [1.82, 2.24) is 10.2 Å². The average molecular weight is 389 g/mol. The van der Waals surface area contributed by atoms with Gasteiger partial charge >= 0.3 is 0 Å². The van der Waals surface area contributed by atoms with Crippen LogP contribution in [0.3, 0.4) is 0 Å². The maximum Gasteiger partial charge on any atom is 0.257 e. The quantitative estimate of drug-likeness (QED) is 0.705. The highest BCUT2D eigenvalue weighted by Gasteiger charge is 2.16. The van der Waals surface area contributed by atoms with E-state index in [1.54, 1.807) is 0 Å². The zero-order valence-electron chi connectivity index (χ0n) is 15.7. The van der Waals surface area contributed by atoms with Gasteiger partial charge in [0.25, 0.3) is 5.91 Å². The van der Waals surface area contributed by atoms with E-state index in [2.05, 4.69) is 15.1 Å². The number of nitrogens with one attached hydrogen (secondary N) is 1. The molecule has 3 rings (SSSR count). The molecule has 0 aromatic heterocycles. The molecule has 0 bridgehead atoms. The van der Waals surface area contributed by atoms with Gasteiger partial charge in [-0.2, -0.15) is 0 Å². The minimum Gasteiger partial charge on any atom is -0.484 e. The molecule has 28 heavy (non-hydrogen) atoms. The highest BCUT2D eigenvalue weighted by Crippen LogP contribution is 2.17. The van der Waals surface area contributed by atoms with Gasteiger partial charge < -0.3 is 15.0 Å². The van der Waals surface area contributed by atoms with E-state index in [4.69, 9.17) is 4.74 Å². The number of halogens is 2. The lowest BCUT2D eigenvalue weighted by Gasteiger charge is -2.36. The van der Waals surface area contributed by atoms with Crippen molar-refractivity contribution in [3.63, 3.8) is 0 Å². The highest BCUT2D eigenvalue weighted by atomic mass is 19.1. The van der Waals surface area contributed by atoms with Crippen LogP contribution in [0.4, 0.5) is 14.5 Å². The van der Waals surface area contributed by atoms with Gasteiger partial charge in [0.2, 0.25) is 0 Å². The highest BCUT2D eigenvalue weighted by molar-refractivity contribution is 5.77. The molecule has 1 aliphatic heterocycles. The predicted molar refractivity (Wildman–Crippen MR) is 105 cm³/mol. The second-order valence-electron chi connectivity index (χ2n) is 6.75. The fourth-order valence-electron chi connectivity index (χ4n) is 3.14. The molecule has 0 atom stereocenters. The first-order valence-corrected chi connectivity index (χ1v) is 9.48. The van der Waals surface area contributed by atoms with E-state index in [9.17, 15) is 13.6 Å². The summed E-state index contributed by atoms with van der Waals surface area (Å²) >= 11 is 0. The number of hydrogen-bond donors (Lipinski definition) is 1. The van der Waals surface area contributed by atoms with E-state index < -0.39 is 0 Å². The van der Waals surface area contributed by atoms with Gasteiger partial charge in [0.1, 0.15) is 17.4 Å². The lowest BCUT2D eigenvalue weighted by molar-refractivity contribution is -0.123. The normalized spacial score (nSPS) is 14.7. The van der Waals surface area contributed by atoms with Crippen LogP contribution in [0.2, 0.25) is 0 Å². The van der Waals surface area contributed by atoms with Gasteiger partial charge in [0, 0.05) is 38.4 Å². The first kappa shape index (κ1) is 20.1. The standard InChI is InChI=1S/C21H25F2N3O2/c22-17-2-6-19(7-3-17)26-14-12-25(13-15-26)11-1-10-24-21(27)16-28-20-8-4-18(23)5-9-20/h2-9H,1,10-16H2,(H,24,27). The summed E-state index contributed by atoms with van der Waals surface area (Å²) in [6, 6.07) is 12.2. The molecular weight excluding hydrogens is 364 g/mol.